The molecule has 4 heteroatoms. The van der Waals surface area contributed by atoms with Crippen LogP contribution in [0.15, 0.2) is 54.6 Å². The van der Waals surface area contributed by atoms with Crippen LogP contribution in [0.3, 0.4) is 0 Å². The minimum atomic E-state index is -0.489. The summed E-state index contributed by atoms with van der Waals surface area (Å²) in [6.45, 7) is 2.93. The largest absolute Gasteiger partial charge is 0.399 e. The fourth-order valence-electron chi connectivity index (χ4n) is 3.25. The molecule has 0 saturated carbocycles. The highest BCUT2D eigenvalue weighted by atomic mass is 15.2. The van der Waals surface area contributed by atoms with E-state index in [2.05, 4.69) is 40.6 Å². The van der Waals surface area contributed by atoms with Gasteiger partial charge in [0.25, 0.3) is 0 Å². The molecule has 2 aromatic rings. The van der Waals surface area contributed by atoms with Crippen LogP contribution < -0.4 is 11.1 Å². The maximum Gasteiger partial charge on any atom is 0.127 e. The van der Waals surface area contributed by atoms with E-state index in [0.29, 0.717) is 5.69 Å². The summed E-state index contributed by atoms with van der Waals surface area (Å²) >= 11 is 0. The molecular formula is C20H24N4. The lowest BCUT2D eigenvalue weighted by atomic mass is 9.88. The molecule has 0 atom stereocenters. The minimum absolute atomic E-state index is 0.489. The predicted molar refractivity (Wildman–Crippen MR) is 98.6 cm³/mol. The predicted octanol–water partition coefficient (Wildman–Crippen LogP) is 3.28. The van der Waals surface area contributed by atoms with E-state index in [9.17, 15) is 5.26 Å². The molecule has 1 saturated heterocycles. The minimum Gasteiger partial charge on any atom is -0.399 e. The van der Waals surface area contributed by atoms with E-state index >= 15 is 0 Å². The summed E-state index contributed by atoms with van der Waals surface area (Å²) in [5, 5.41) is 13.1. The second-order valence-corrected chi connectivity index (χ2v) is 6.52. The van der Waals surface area contributed by atoms with Crippen molar-refractivity contribution in [3.63, 3.8) is 0 Å². The lowest BCUT2D eigenvalue weighted by Crippen LogP contribution is -2.48. The summed E-state index contributed by atoms with van der Waals surface area (Å²) in [4.78, 5) is 2.45. The summed E-state index contributed by atoms with van der Waals surface area (Å²) in [6, 6.07) is 20.7. The Labute approximate surface area is 143 Å². The van der Waals surface area contributed by atoms with Crippen molar-refractivity contribution in [2.24, 2.45) is 0 Å². The molecule has 0 aliphatic carbocycles. The number of likely N-dealkylation sites (tertiary alicyclic amines) is 1. The van der Waals surface area contributed by atoms with Gasteiger partial charge in [-0.25, -0.2) is 0 Å². The molecule has 0 spiro atoms. The quantitative estimate of drug-likeness (QED) is 0.830. The topological polar surface area (TPSA) is 65.1 Å². The molecule has 3 rings (SSSR count). The first-order valence-electron chi connectivity index (χ1n) is 8.50. The van der Waals surface area contributed by atoms with Gasteiger partial charge in [-0.1, -0.05) is 36.4 Å². The van der Waals surface area contributed by atoms with E-state index in [-0.39, 0.29) is 0 Å². The number of hydrogen-bond donors (Lipinski definition) is 2. The van der Waals surface area contributed by atoms with Gasteiger partial charge in [-0.15, -0.1) is 0 Å². The third-order valence-corrected chi connectivity index (χ3v) is 4.75. The lowest BCUT2D eigenvalue weighted by molar-refractivity contribution is 0.199. The monoisotopic (exact) mass is 320 g/mol. The van der Waals surface area contributed by atoms with E-state index in [1.54, 1.807) is 0 Å². The van der Waals surface area contributed by atoms with Crippen LogP contribution >= 0.6 is 0 Å². The van der Waals surface area contributed by atoms with E-state index in [1.165, 1.54) is 5.56 Å². The Hall–Kier alpha value is -2.51. The average Bonchev–Trinajstić information content (AvgIpc) is 2.62. The van der Waals surface area contributed by atoms with Crippen molar-refractivity contribution in [1.82, 2.24) is 4.90 Å². The van der Waals surface area contributed by atoms with Crippen LogP contribution in [-0.4, -0.2) is 30.1 Å². The Morgan fingerprint density at radius 2 is 1.83 bits per heavy atom. The number of nitrogens with zero attached hydrogens (tertiary/aromatic N) is 2. The summed E-state index contributed by atoms with van der Waals surface area (Å²) in [5.41, 5.74) is 8.35. The zero-order valence-corrected chi connectivity index (χ0v) is 13.9. The summed E-state index contributed by atoms with van der Waals surface area (Å²) in [6.07, 6.45) is 2.71. The van der Waals surface area contributed by atoms with Gasteiger partial charge < -0.3 is 16.0 Å². The van der Waals surface area contributed by atoms with Crippen LogP contribution in [0.1, 0.15) is 18.4 Å². The van der Waals surface area contributed by atoms with Gasteiger partial charge in [-0.05, 0) is 43.0 Å². The van der Waals surface area contributed by atoms with Gasteiger partial charge in [-0.2, -0.15) is 5.26 Å². The molecule has 4 nitrogen and oxygen atoms in total. The number of hydrogen-bond acceptors (Lipinski definition) is 4. The van der Waals surface area contributed by atoms with Crippen LogP contribution in [-0.2, 0) is 6.42 Å². The van der Waals surface area contributed by atoms with Crippen molar-refractivity contribution in [2.75, 3.05) is 30.7 Å². The molecule has 1 fully saturated rings. The fourth-order valence-corrected chi connectivity index (χ4v) is 3.25. The fraction of sp³-hybridized carbons (Fsp3) is 0.350. The maximum absolute atomic E-state index is 9.70. The van der Waals surface area contributed by atoms with E-state index in [0.717, 1.165) is 44.6 Å². The van der Waals surface area contributed by atoms with Crippen LogP contribution in [0.2, 0.25) is 0 Å². The third kappa shape index (κ3) is 4.06. The van der Waals surface area contributed by atoms with Crippen LogP contribution in [0.5, 0.6) is 0 Å². The number of nitrogen functional groups attached to an aromatic ring is 1. The number of nitrogens with one attached hydrogen (secondary N) is 1. The molecule has 3 N–H and O–H groups in total. The molecule has 0 radical (unpaired) electrons. The standard InChI is InChI=1S/C20H24N4/c21-16-20(23-19-8-4-7-18(22)15-19)10-13-24(14-11-20)12-9-17-5-2-1-3-6-17/h1-8,15,23H,9-14,22H2. The van der Waals surface area contributed by atoms with Gasteiger partial charge in [-0.3, -0.25) is 0 Å². The molecule has 0 bridgehead atoms. The first-order chi connectivity index (χ1) is 11.7. The molecular weight excluding hydrogens is 296 g/mol. The van der Waals surface area contributed by atoms with E-state index < -0.39 is 5.54 Å². The Bertz CT molecular complexity index is 697. The normalized spacial score (nSPS) is 17.1. The van der Waals surface area contributed by atoms with Crippen LogP contribution in [0.25, 0.3) is 0 Å². The van der Waals surface area contributed by atoms with Gasteiger partial charge in [0.1, 0.15) is 5.54 Å². The zero-order chi connectivity index (χ0) is 16.8. The molecule has 2 aromatic carbocycles. The number of rotatable bonds is 5. The molecule has 1 heterocycles. The Balaban J connectivity index is 1.55. The van der Waals surface area contributed by atoms with E-state index in [4.69, 9.17) is 5.73 Å². The van der Waals surface area contributed by atoms with Gasteiger partial charge in [0.2, 0.25) is 0 Å². The third-order valence-electron chi connectivity index (χ3n) is 4.75. The van der Waals surface area contributed by atoms with Crippen molar-refractivity contribution in [2.45, 2.75) is 24.8 Å². The molecule has 0 amide bonds. The highest BCUT2D eigenvalue weighted by Crippen LogP contribution is 2.27. The van der Waals surface area contributed by atoms with E-state index in [1.807, 2.05) is 30.3 Å². The molecule has 1 aliphatic rings. The van der Waals surface area contributed by atoms with Gasteiger partial charge >= 0.3 is 0 Å². The first kappa shape index (κ1) is 16.4. The SMILES string of the molecule is N#CC1(Nc2cccc(N)c2)CCN(CCc2ccccc2)CC1. The summed E-state index contributed by atoms with van der Waals surface area (Å²) in [5.74, 6) is 0. The van der Waals surface area contributed by atoms with Gasteiger partial charge in [0.15, 0.2) is 0 Å². The molecule has 24 heavy (non-hydrogen) atoms. The van der Waals surface area contributed by atoms with Crippen molar-refractivity contribution in [3.8, 4) is 6.07 Å². The molecule has 124 valence electrons. The zero-order valence-electron chi connectivity index (χ0n) is 13.9. The number of anilines is 2. The first-order valence-corrected chi connectivity index (χ1v) is 8.50. The Kier molecular flexibility index (Phi) is 5.02. The number of nitrogens with two attached hydrogens (primary N) is 1. The van der Waals surface area contributed by atoms with Crippen molar-refractivity contribution >= 4 is 11.4 Å². The van der Waals surface area contributed by atoms with Gasteiger partial charge in [0.05, 0.1) is 6.07 Å². The highest BCUT2D eigenvalue weighted by Gasteiger charge is 2.34. The van der Waals surface area contributed by atoms with Crippen molar-refractivity contribution < 1.29 is 0 Å². The van der Waals surface area contributed by atoms with Crippen molar-refractivity contribution in [1.29, 1.82) is 5.26 Å². The molecule has 0 aromatic heterocycles. The second-order valence-electron chi connectivity index (χ2n) is 6.52. The second kappa shape index (κ2) is 7.37. The van der Waals surface area contributed by atoms with Crippen molar-refractivity contribution in [3.05, 3.63) is 60.2 Å². The highest BCUT2D eigenvalue weighted by molar-refractivity contribution is 5.56. The van der Waals surface area contributed by atoms with Gasteiger partial charge in [0, 0.05) is 31.0 Å². The molecule has 0 unspecified atom stereocenters. The maximum atomic E-state index is 9.70. The molecule has 1 aliphatic heterocycles. The summed E-state index contributed by atoms with van der Waals surface area (Å²) < 4.78 is 0. The Morgan fingerprint density at radius 3 is 2.50 bits per heavy atom. The van der Waals surface area contributed by atoms with Crippen LogP contribution in [0, 0.1) is 11.3 Å². The Morgan fingerprint density at radius 1 is 1.08 bits per heavy atom. The van der Waals surface area contributed by atoms with Crippen LogP contribution in [0.4, 0.5) is 11.4 Å². The smallest absolute Gasteiger partial charge is 0.127 e. The lowest BCUT2D eigenvalue weighted by Gasteiger charge is -2.38. The average molecular weight is 320 g/mol. The number of piperidine rings is 1. The number of nitriles is 1. The summed E-state index contributed by atoms with van der Waals surface area (Å²) in [7, 11) is 0. The number of benzene rings is 2.